The van der Waals surface area contributed by atoms with E-state index in [9.17, 15) is 4.79 Å². The number of methoxy groups -OCH3 is 1. The molecule has 1 aliphatic rings. The first-order chi connectivity index (χ1) is 10.1. The van der Waals surface area contributed by atoms with Crippen LogP contribution in [0.3, 0.4) is 0 Å². The Bertz CT molecular complexity index is 480. The number of hydrogen-bond acceptors (Lipinski definition) is 3. The van der Waals surface area contributed by atoms with Crippen molar-refractivity contribution in [3.05, 3.63) is 29.3 Å². The van der Waals surface area contributed by atoms with E-state index in [1.165, 1.54) is 12.8 Å². The van der Waals surface area contributed by atoms with Gasteiger partial charge in [-0.2, -0.15) is 0 Å². The van der Waals surface area contributed by atoms with Crippen LogP contribution in [-0.4, -0.2) is 44.1 Å². The number of carbonyl (C=O) groups excluding carboxylic acids is 1. The van der Waals surface area contributed by atoms with Crippen molar-refractivity contribution in [3.8, 4) is 5.75 Å². The minimum absolute atomic E-state index is 0.0252. The van der Waals surface area contributed by atoms with Gasteiger partial charge in [0, 0.05) is 18.7 Å². The summed E-state index contributed by atoms with van der Waals surface area (Å²) in [5, 5.41) is 2.99. The Morgan fingerprint density at radius 3 is 2.67 bits per heavy atom. The molecule has 116 valence electrons. The van der Waals surface area contributed by atoms with Gasteiger partial charge in [0.05, 0.1) is 7.11 Å². The van der Waals surface area contributed by atoms with Crippen molar-refractivity contribution in [2.45, 2.75) is 32.6 Å². The van der Waals surface area contributed by atoms with E-state index in [0.717, 1.165) is 30.9 Å². The molecule has 0 spiro atoms. The number of nitrogens with one attached hydrogen (secondary N) is 1. The average Bonchev–Trinajstić information content (AvgIpc) is 2.99. The number of carbonyl (C=O) groups is 1. The Morgan fingerprint density at radius 1 is 1.33 bits per heavy atom. The van der Waals surface area contributed by atoms with Gasteiger partial charge in [-0.25, -0.2) is 0 Å². The van der Waals surface area contributed by atoms with E-state index in [0.29, 0.717) is 18.0 Å². The van der Waals surface area contributed by atoms with Crippen LogP contribution in [0.4, 0.5) is 0 Å². The molecule has 4 heteroatoms. The van der Waals surface area contributed by atoms with Gasteiger partial charge in [0.25, 0.3) is 5.91 Å². The molecule has 0 radical (unpaired) electrons. The number of rotatable bonds is 6. The summed E-state index contributed by atoms with van der Waals surface area (Å²) in [6.07, 6.45) is 2.56. The molecule has 0 bridgehead atoms. The Hall–Kier alpha value is -1.55. The van der Waals surface area contributed by atoms with Crippen LogP contribution in [0.2, 0.25) is 0 Å². The van der Waals surface area contributed by atoms with Crippen molar-refractivity contribution in [3.63, 3.8) is 0 Å². The lowest BCUT2D eigenvalue weighted by molar-refractivity contribution is 0.0949. The zero-order valence-electron chi connectivity index (χ0n) is 13.3. The molecular formula is C17H26N2O2. The smallest absolute Gasteiger partial charge is 0.251 e. The summed E-state index contributed by atoms with van der Waals surface area (Å²) in [4.78, 5) is 14.6. The quantitative estimate of drug-likeness (QED) is 0.875. The highest BCUT2D eigenvalue weighted by atomic mass is 16.5. The third-order valence-electron chi connectivity index (χ3n) is 4.03. The van der Waals surface area contributed by atoms with Crippen LogP contribution in [0.5, 0.6) is 5.75 Å². The number of nitrogens with zero attached hydrogens (tertiary/aromatic N) is 1. The average molecular weight is 290 g/mol. The van der Waals surface area contributed by atoms with Crippen LogP contribution in [0.25, 0.3) is 0 Å². The van der Waals surface area contributed by atoms with Crippen molar-refractivity contribution in [1.82, 2.24) is 10.2 Å². The van der Waals surface area contributed by atoms with Crippen molar-refractivity contribution < 1.29 is 9.53 Å². The topological polar surface area (TPSA) is 41.6 Å². The third-order valence-corrected chi connectivity index (χ3v) is 4.03. The number of hydrogen-bond donors (Lipinski definition) is 1. The zero-order valence-corrected chi connectivity index (χ0v) is 13.3. The maximum Gasteiger partial charge on any atom is 0.251 e. The fraction of sp³-hybridized carbons (Fsp3) is 0.588. The van der Waals surface area contributed by atoms with Crippen LogP contribution in [-0.2, 0) is 0 Å². The standard InChI is InChI=1S/C17H26N2O2/c1-13(2)15-7-6-14(12-16(15)21-3)17(20)18-8-11-19-9-4-5-10-19/h6-7,12-13H,4-5,8-11H2,1-3H3,(H,18,20). The first-order valence-electron chi connectivity index (χ1n) is 7.80. The molecule has 1 saturated heterocycles. The molecule has 1 heterocycles. The Kier molecular flexibility index (Phi) is 5.62. The number of amides is 1. The fourth-order valence-electron chi connectivity index (χ4n) is 2.77. The highest BCUT2D eigenvalue weighted by Gasteiger charge is 2.14. The zero-order chi connectivity index (χ0) is 15.2. The minimum Gasteiger partial charge on any atom is -0.496 e. The molecule has 0 aromatic heterocycles. The summed E-state index contributed by atoms with van der Waals surface area (Å²) in [5.41, 5.74) is 1.80. The van der Waals surface area contributed by atoms with Gasteiger partial charge in [0.2, 0.25) is 0 Å². The maximum absolute atomic E-state index is 12.2. The van der Waals surface area contributed by atoms with Crippen molar-refractivity contribution in [2.75, 3.05) is 33.3 Å². The lowest BCUT2D eigenvalue weighted by Gasteiger charge is -2.16. The van der Waals surface area contributed by atoms with Gasteiger partial charge in [0.15, 0.2) is 0 Å². The predicted octanol–water partition coefficient (Wildman–Crippen LogP) is 2.64. The van der Waals surface area contributed by atoms with E-state index in [4.69, 9.17) is 4.74 Å². The number of ether oxygens (including phenoxy) is 1. The predicted molar refractivity (Wildman–Crippen MR) is 85.1 cm³/mol. The maximum atomic E-state index is 12.2. The van der Waals surface area contributed by atoms with Gasteiger partial charge < -0.3 is 15.0 Å². The molecule has 1 aliphatic heterocycles. The molecular weight excluding hydrogens is 264 g/mol. The van der Waals surface area contributed by atoms with Crippen LogP contribution < -0.4 is 10.1 Å². The lowest BCUT2D eigenvalue weighted by Crippen LogP contribution is -2.33. The molecule has 2 rings (SSSR count). The Labute approximate surface area is 127 Å². The molecule has 0 unspecified atom stereocenters. The minimum atomic E-state index is -0.0252. The molecule has 1 aromatic rings. The molecule has 0 atom stereocenters. The van der Waals surface area contributed by atoms with Crippen LogP contribution in [0, 0.1) is 0 Å². The molecule has 21 heavy (non-hydrogen) atoms. The van der Waals surface area contributed by atoms with Gasteiger partial charge in [-0.1, -0.05) is 19.9 Å². The van der Waals surface area contributed by atoms with Gasteiger partial charge in [-0.05, 0) is 49.5 Å². The van der Waals surface area contributed by atoms with Crippen LogP contribution in [0.15, 0.2) is 18.2 Å². The van der Waals surface area contributed by atoms with Crippen molar-refractivity contribution in [1.29, 1.82) is 0 Å². The highest BCUT2D eigenvalue weighted by molar-refractivity contribution is 5.94. The summed E-state index contributed by atoms with van der Waals surface area (Å²) in [5.74, 6) is 1.15. The molecule has 4 nitrogen and oxygen atoms in total. The monoisotopic (exact) mass is 290 g/mol. The molecule has 1 aromatic carbocycles. The first-order valence-corrected chi connectivity index (χ1v) is 7.80. The van der Waals surface area contributed by atoms with E-state index >= 15 is 0 Å². The van der Waals surface area contributed by atoms with Gasteiger partial charge in [0.1, 0.15) is 5.75 Å². The fourth-order valence-corrected chi connectivity index (χ4v) is 2.77. The lowest BCUT2D eigenvalue weighted by atomic mass is 10.00. The molecule has 1 amide bonds. The Balaban J connectivity index is 1.92. The second-order valence-corrected chi connectivity index (χ2v) is 5.92. The van der Waals surface area contributed by atoms with Gasteiger partial charge in [-0.3, -0.25) is 4.79 Å². The summed E-state index contributed by atoms with van der Waals surface area (Å²) in [7, 11) is 1.65. The van der Waals surface area contributed by atoms with E-state index in [-0.39, 0.29) is 5.91 Å². The summed E-state index contributed by atoms with van der Waals surface area (Å²) in [6, 6.07) is 5.70. The molecule has 0 saturated carbocycles. The van der Waals surface area contributed by atoms with Gasteiger partial charge in [-0.15, -0.1) is 0 Å². The van der Waals surface area contributed by atoms with E-state index in [1.54, 1.807) is 7.11 Å². The van der Waals surface area contributed by atoms with E-state index in [1.807, 2.05) is 18.2 Å². The second-order valence-electron chi connectivity index (χ2n) is 5.92. The van der Waals surface area contributed by atoms with Crippen molar-refractivity contribution in [2.24, 2.45) is 0 Å². The highest BCUT2D eigenvalue weighted by Crippen LogP contribution is 2.27. The van der Waals surface area contributed by atoms with E-state index in [2.05, 4.69) is 24.1 Å². The summed E-state index contributed by atoms with van der Waals surface area (Å²) >= 11 is 0. The van der Waals surface area contributed by atoms with Crippen LogP contribution in [0.1, 0.15) is 48.5 Å². The number of likely N-dealkylation sites (tertiary alicyclic amines) is 1. The molecule has 1 fully saturated rings. The first kappa shape index (κ1) is 15.8. The molecule has 1 N–H and O–H groups in total. The van der Waals surface area contributed by atoms with Crippen LogP contribution >= 0.6 is 0 Å². The summed E-state index contributed by atoms with van der Waals surface area (Å²) < 4.78 is 5.39. The van der Waals surface area contributed by atoms with Crippen molar-refractivity contribution >= 4 is 5.91 Å². The Morgan fingerprint density at radius 2 is 2.05 bits per heavy atom. The normalized spacial score (nSPS) is 15.4. The largest absolute Gasteiger partial charge is 0.496 e. The van der Waals surface area contributed by atoms with Gasteiger partial charge >= 0.3 is 0 Å². The van der Waals surface area contributed by atoms with E-state index < -0.39 is 0 Å². The number of benzene rings is 1. The molecule has 0 aliphatic carbocycles. The summed E-state index contributed by atoms with van der Waals surface area (Å²) in [6.45, 7) is 8.20. The second kappa shape index (κ2) is 7.46. The SMILES string of the molecule is COc1cc(C(=O)NCCN2CCCC2)ccc1C(C)C. The third kappa shape index (κ3) is 4.21.